The van der Waals surface area contributed by atoms with E-state index in [2.05, 4.69) is 42.9 Å². The normalized spacial score (nSPS) is 11.7. The second-order valence-corrected chi connectivity index (χ2v) is 9.01. The van der Waals surface area contributed by atoms with Crippen molar-refractivity contribution < 1.29 is 4.79 Å². The van der Waals surface area contributed by atoms with Crippen molar-refractivity contribution in [2.45, 2.75) is 53.2 Å². The van der Waals surface area contributed by atoms with Gasteiger partial charge in [0, 0.05) is 36.1 Å². The monoisotopic (exact) mass is 426 g/mol. The molecule has 2 aromatic heterocycles. The third-order valence-corrected chi connectivity index (χ3v) is 6.14. The second-order valence-electron chi connectivity index (χ2n) is 8.15. The average molecular weight is 427 g/mol. The number of hydrogen-bond acceptors (Lipinski definition) is 5. The number of aromatic nitrogens is 2. The van der Waals surface area contributed by atoms with E-state index in [9.17, 15) is 9.59 Å². The molecule has 0 saturated heterocycles. The number of amides is 1. The predicted molar refractivity (Wildman–Crippen MR) is 124 cm³/mol. The molecule has 0 aliphatic heterocycles. The Morgan fingerprint density at radius 1 is 1.17 bits per heavy atom. The molecule has 0 aliphatic rings. The summed E-state index contributed by atoms with van der Waals surface area (Å²) in [5, 5.41) is 5.46. The van der Waals surface area contributed by atoms with Crippen LogP contribution >= 0.6 is 11.3 Å². The van der Waals surface area contributed by atoms with E-state index in [1.807, 2.05) is 36.6 Å². The standard InChI is InChI=1S/C23H30N4O2S/c1-15(2)27(16(3)4)11-10-24-20(28)12-26-14-25-22-21(23(26)29)19(13-30-22)18-8-6-17(5)7-9-18/h6-9,13-16H,10-12H2,1-5H3,(H,24,28). The van der Waals surface area contributed by atoms with E-state index in [1.165, 1.54) is 27.8 Å². The Kier molecular flexibility index (Phi) is 7.05. The van der Waals surface area contributed by atoms with Gasteiger partial charge in [-0.05, 0) is 40.2 Å². The first kappa shape index (κ1) is 22.2. The van der Waals surface area contributed by atoms with Gasteiger partial charge in [-0.3, -0.25) is 19.1 Å². The minimum Gasteiger partial charge on any atom is -0.353 e. The molecule has 30 heavy (non-hydrogen) atoms. The van der Waals surface area contributed by atoms with Crippen LogP contribution in [0, 0.1) is 6.92 Å². The Bertz CT molecular complexity index is 1060. The highest BCUT2D eigenvalue weighted by atomic mass is 32.1. The molecule has 3 rings (SSSR count). The average Bonchev–Trinajstić information content (AvgIpc) is 3.12. The molecule has 1 aromatic carbocycles. The number of aryl methyl sites for hydroxylation is 1. The number of nitrogens with zero attached hydrogens (tertiary/aromatic N) is 3. The first-order chi connectivity index (χ1) is 14.3. The van der Waals surface area contributed by atoms with E-state index in [0.717, 1.165) is 17.7 Å². The van der Waals surface area contributed by atoms with Crippen molar-refractivity contribution in [2.75, 3.05) is 13.1 Å². The van der Waals surface area contributed by atoms with Gasteiger partial charge in [-0.15, -0.1) is 11.3 Å². The van der Waals surface area contributed by atoms with Crippen molar-refractivity contribution in [2.24, 2.45) is 0 Å². The fourth-order valence-electron chi connectivity index (χ4n) is 3.67. The highest BCUT2D eigenvalue weighted by Crippen LogP contribution is 2.30. The molecule has 0 bridgehead atoms. The minimum atomic E-state index is -0.183. The number of rotatable bonds is 8. The molecule has 1 amide bonds. The van der Waals surface area contributed by atoms with Gasteiger partial charge in [0.25, 0.3) is 5.56 Å². The molecule has 0 spiro atoms. The Morgan fingerprint density at radius 3 is 2.47 bits per heavy atom. The number of carbonyl (C=O) groups excluding carboxylic acids is 1. The SMILES string of the molecule is Cc1ccc(-c2csc3ncn(CC(=O)NCCN(C(C)C)C(C)C)c(=O)c23)cc1. The van der Waals surface area contributed by atoms with Crippen molar-refractivity contribution in [1.82, 2.24) is 19.8 Å². The zero-order valence-electron chi connectivity index (χ0n) is 18.3. The van der Waals surface area contributed by atoms with Crippen LogP contribution < -0.4 is 10.9 Å². The summed E-state index contributed by atoms with van der Waals surface area (Å²) in [5.74, 6) is -0.183. The van der Waals surface area contributed by atoms with Crippen LogP contribution in [-0.2, 0) is 11.3 Å². The fraction of sp³-hybridized carbons (Fsp3) is 0.435. The lowest BCUT2D eigenvalue weighted by atomic mass is 10.1. The second kappa shape index (κ2) is 9.53. The largest absolute Gasteiger partial charge is 0.353 e. The molecular formula is C23H30N4O2S. The van der Waals surface area contributed by atoms with Crippen LogP contribution in [0.5, 0.6) is 0 Å². The summed E-state index contributed by atoms with van der Waals surface area (Å²) in [4.78, 5) is 32.9. The summed E-state index contributed by atoms with van der Waals surface area (Å²) in [7, 11) is 0. The van der Waals surface area contributed by atoms with E-state index in [-0.39, 0.29) is 18.0 Å². The van der Waals surface area contributed by atoms with Crippen LogP contribution in [-0.4, -0.2) is 45.5 Å². The van der Waals surface area contributed by atoms with Gasteiger partial charge in [-0.25, -0.2) is 4.98 Å². The molecule has 1 N–H and O–H groups in total. The van der Waals surface area contributed by atoms with Gasteiger partial charge in [0.2, 0.25) is 5.91 Å². The first-order valence-corrected chi connectivity index (χ1v) is 11.2. The summed E-state index contributed by atoms with van der Waals surface area (Å²) in [6, 6.07) is 8.90. The molecule has 160 valence electrons. The van der Waals surface area contributed by atoms with Crippen molar-refractivity contribution >= 4 is 27.5 Å². The van der Waals surface area contributed by atoms with E-state index >= 15 is 0 Å². The lowest BCUT2D eigenvalue weighted by Gasteiger charge is -2.30. The Morgan fingerprint density at radius 2 is 1.83 bits per heavy atom. The molecule has 0 saturated carbocycles. The zero-order chi connectivity index (χ0) is 21.8. The first-order valence-electron chi connectivity index (χ1n) is 10.3. The van der Waals surface area contributed by atoms with E-state index in [0.29, 0.717) is 28.8 Å². The Hall–Kier alpha value is -2.51. The lowest BCUT2D eigenvalue weighted by Crippen LogP contribution is -2.43. The van der Waals surface area contributed by atoms with Gasteiger partial charge in [0.15, 0.2) is 0 Å². The highest BCUT2D eigenvalue weighted by Gasteiger charge is 2.16. The van der Waals surface area contributed by atoms with Crippen LogP contribution in [0.15, 0.2) is 40.8 Å². The number of hydrogen-bond donors (Lipinski definition) is 1. The van der Waals surface area contributed by atoms with Crippen molar-refractivity contribution in [3.05, 3.63) is 51.9 Å². The molecular weight excluding hydrogens is 396 g/mol. The third kappa shape index (κ3) is 4.96. The Labute approximate surface area is 181 Å². The van der Waals surface area contributed by atoms with Crippen molar-refractivity contribution in [1.29, 1.82) is 0 Å². The molecule has 7 heteroatoms. The molecule has 6 nitrogen and oxygen atoms in total. The van der Waals surface area contributed by atoms with Crippen LogP contribution in [0.25, 0.3) is 21.3 Å². The van der Waals surface area contributed by atoms with Crippen LogP contribution in [0.3, 0.4) is 0 Å². The van der Waals surface area contributed by atoms with Gasteiger partial charge >= 0.3 is 0 Å². The molecule has 0 radical (unpaired) electrons. The summed E-state index contributed by atoms with van der Waals surface area (Å²) in [6.45, 7) is 11.9. The predicted octanol–water partition coefficient (Wildman–Crippen LogP) is 3.67. The van der Waals surface area contributed by atoms with Crippen molar-refractivity contribution in [3.63, 3.8) is 0 Å². The van der Waals surface area contributed by atoms with Gasteiger partial charge in [-0.2, -0.15) is 0 Å². The number of fused-ring (bicyclic) bond motifs is 1. The van der Waals surface area contributed by atoms with E-state index < -0.39 is 0 Å². The van der Waals surface area contributed by atoms with Gasteiger partial charge in [0.05, 0.1) is 11.7 Å². The topological polar surface area (TPSA) is 67.2 Å². The summed E-state index contributed by atoms with van der Waals surface area (Å²) in [6.07, 6.45) is 1.47. The molecule has 0 fully saturated rings. The fourth-order valence-corrected chi connectivity index (χ4v) is 4.58. The highest BCUT2D eigenvalue weighted by molar-refractivity contribution is 7.17. The number of benzene rings is 1. The van der Waals surface area contributed by atoms with Gasteiger partial charge < -0.3 is 5.32 Å². The molecule has 0 aliphatic carbocycles. The minimum absolute atomic E-state index is 0.0334. The number of nitrogens with one attached hydrogen (secondary N) is 1. The van der Waals surface area contributed by atoms with E-state index in [4.69, 9.17) is 0 Å². The summed E-state index contributed by atoms with van der Waals surface area (Å²) >= 11 is 1.45. The van der Waals surface area contributed by atoms with Crippen LogP contribution in [0.4, 0.5) is 0 Å². The maximum Gasteiger partial charge on any atom is 0.263 e. The third-order valence-electron chi connectivity index (χ3n) is 5.26. The number of thiophene rings is 1. The van der Waals surface area contributed by atoms with Gasteiger partial charge in [-0.1, -0.05) is 29.8 Å². The molecule has 2 heterocycles. The maximum atomic E-state index is 13.1. The summed E-state index contributed by atoms with van der Waals surface area (Å²) in [5.41, 5.74) is 2.83. The smallest absolute Gasteiger partial charge is 0.263 e. The van der Waals surface area contributed by atoms with Gasteiger partial charge in [0.1, 0.15) is 11.4 Å². The zero-order valence-corrected chi connectivity index (χ0v) is 19.1. The molecule has 0 atom stereocenters. The van der Waals surface area contributed by atoms with Crippen molar-refractivity contribution in [3.8, 4) is 11.1 Å². The molecule has 3 aromatic rings. The van der Waals surface area contributed by atoms with Crippen LogP contribution in [0.1, 0.15) is 33.3 Å². The molecule has 0 unspecified atom stereocenters. The quantitative estimate of drug-likeness (QED) is 0.597. The summed E-state index contributed by atoms with van der Waals surface area (Å²) < 4.78 is 1.39. The Balaban J connectivity index is 1.74. The van der Waals surface area contributed by atoms with Crippen LogP contribution in [0.2, 0.25) is 0 Å². The maximum absolute atomic E-state index is 13.1. The lowest BCUT2D eigenvalue weighted by molar-refractivity contribution is -0.121. The van der Waals surface area contributed by atoms with E-state index in [1.54, 1.807) is 0 Å². The number of carbonyl (C=O) groups is 1.